The molecule has 0 radical (unpaired) electrons. The van der Waals surface area contributed by atoms with E-state index in [0.29, 0.717) is 18.0 Å². The number of allylic oxidation sites excluding steroid dienone is 1. The van der Waals surface area contributed by atoms with Crippen molar-refractivity contribution in [3.05, 3.63) is 12.3 Å². The van der Waals surface area contributed by atoms with Crippen molar-refractivity contribution < 1.29 is 5.11 Å². The molecular weight excluding hydrogens is 238 g/mol. The normalized spacial score (nSPS) is 25.8. The van der Waals surface area contributed by atoms with E-state index < -0.39 is 0 Å². The molecule has 1 fully saturated rings. The van der Waals surface area contributed by atoms with Crippen molar-refractivity contribution in [1.29, 1.82) is 0 Å². The number of nitrogens with one attached hydrogen (secondary N) is 2. The van der Waals surface area contributed by atoms with Crippen LogP contribution in [0.5, 0.6) is 0 Å². The first-order chi connectivity index (χ1) is 8.90. The van der Waals surface area contributed by atoms with Crippen molar-refractivity contribution in [1.82, 2.24) is 10.6 Å². The molecule has 4 heteroatoms. The van der Waals surface area contributed by atoms with Crippen molar-refractivity contribution >= 4 is 5.84 Å². The highest BCUT2D eigenvalue weighted by Gasteiger charge is 2.36. The van der Waals surface area contributed by atoms with Crippen LogP contribution in [-0.2, 0) is 0 Å². The average Bonchev–Trinajstić information content (AvgIpc) is 3.01. The zero-order valence-corrected chi connectivity index (χ0v) is 12.7. The fourth-order valence-electron chi connectivity index (χ4n) is 2.09. The summed E-state index contributed by atoms with van der Waals surface area (Å²) in [5, 5.41) is 16.1. The second-order valence-electron chi connectivity index (χ2n) is 5.84. The summed E-state index contributed by atoms with van der Waals surface area (Å²) in [6.45, 7) is 12.7. The van der Waals surface area contributed by atoms with Crippen molar-refractivity contribution in [2.75, 3.05) is 6.54 Å². The standard InChI is InChI=1S/C15H29N3O/c1-10(2)17-13(5)18-15-9-14(15)16-8-6-7-11(3)12(4)19/h11-12,14-16,19H,1,6-9H2,2-5H3,(H,17,18). The zero-order valence-electron chi connectivity index (χ0n) is 12.7. The van der Waals surface area contributed by atoms with Crippen LogP contribution in [0.3, 0.4) is 0 Å². The van der Waals surface area contributed by atoms with Crippen molar-refractivity contribution in [2.24, 2.45) is 10.9 Å². The Labute approximate surface area is 117 Å². The maximum atomic E-state index is 9.40. The highest BCUT2D eigenvalue weighted by Crippen LogP contribution is 2.25. The molecule has 0 aromatic heterocycles. The maximum Gasteiger partial charge on any atom is 0.0976 e. The Bertz CT molecular complexity index is 325. The lowest BCUT2D eigenvalue weighted by Crippen LogP contribution is -2.23. The van der Waals surface area contributed by atoms with Crippen molar-refractivity contribution in [3.63, 3.8) is 0 Å². The monoisotopic (exact) mass is 267 g/mol. The Morgan fingerprint density at radius 2 is 2.11 bits per heavy atom. The van der Waals surface area contributed by atoms with Crippen molar-refractivity contribution in [3.8, 4) is 0 Å². The van der Waals surface area contributed by atoms with Crippen LogP contribution in [0.2, 0.25) is 0 Å². The molecule has 0 heterocycles. The molecule has 3 N–H and O–H groups in total. The Hall–Kier alpha value is -0.870. The summed E-state index contributed by atoms with van der Waals surface area (Å²) in [4.78, 5) is 4.59. The number of hydrogen-bond acceptors (Lipinski definition) is 3. The quantitative estimate of drug-likeness (QED) is 0.358. The molecule has 0 aliphatic heterocycles. The molecule has 0 aromatic rings. The van der Waals surface area contributed by atoms with Crippen LogP contribution in [0.1, 0.15) is 47.0 Å². The number of aliphatic hydroxyl groups excluding tert-OH is 1. The van der Waals surface area contributed by atoms with Gasteiger partial charge in [-0.3, -0.25) is 4.99 Å². The summed E-state index contributed by atoms with van der Waals surface area (Å²) in [7, 11) is 0. The Morgan fingerprint density at radius 1 is 1.42 bits per heavy atom. The lowest BCUT2D eigenvalue weighted by molar-refractivity contribution is 0.129. The zero-order chi connectivity index (χ0) is 14.4. The van der Waals surface area contributed by atoms with Crippen LogP contribution in [-0.4, -0.2) is 35.7 Å². The van der Waals surface area contributed by atoms with Gasteiger partial charge in [0.1, 0.15) is 0 Å². The minimum atomic E-state index is -0.200. The van der Waals surface area contributed by atoms with E-state index in [1.165, 1.54) is 0 Å². The van der Waals surface area contributed by atoms with Gasteiger partial charge in [0.25, 0.3) is 0 Å². The van der Waals surface area contributed by atoms with Gasteiger partial charge in [-0.25, -0.2) is 0 Å². The predicted molar refractivity (Wildman–Crippen MR) is 81.3 cm³/mol. The molecule has 4 nitrogen and oxygen atoms in total. The van der Waals surface area contributed by atoms with Gasteiger partial charge >= 0.3 is 0 Å². The number of nitrogens with zero attached hydrogens (tertiary/aromatic N) is 1. The predicted octanol–water partition coefficient (Wildman–Crippen LogP) is 2.06. The molecule has 110 valence electrons. The molecule has 0 saturated heterocycles. The fourth-order valence-corrected chi connectivity index (χ4v) is 2.09. The second-order valence-corrected chi connectivity index (χ2v) is 5.84. The van der Waals surface area contributed by atoms with Crippen LogP contribution >= 0.6 is 0 Å². The highest BCUT2D eigenvalue weighted by atomic mass is 16.3. The number of aliphatic hydroxyl groups is 1. The summed E-state index contributed by atoms with van der Waals surface area (Å²) < 4.78 is 0. The van der Waals surface area contributed by atoms with E-state index in [1.807, 2.05) is 20.8 Å². The van der Waals surface area contributed by atoms with Crippen LogP contribution in [0, 0.1) is 5.92 Å². The van der Waals surface area contributed by atoms with Crippen molar-refractivity contribution in [2.45, 2.75) is 65.1 Å². The van der Waals surface area contributed by atoms with Crippen LogP contribution in [0.15, 0.2) is 17.3 Å². The molecule has 0 bridgehead atoms. The van der Waals surface area contributed by atoms with Gasteiger partial charge in [0.15, 0.2) is 0 Å². The second kappa shape index (κ2) is 7.65. The van der Waals surface area contributed by atoms with Crippen LogP contribution in [0.25, 0.3) is 0 Å². The summed E-state index contributed by atoms with van der Waals surface area (Å²) in [6, 6.07) is 0.949. The van der Waals surface area contributed by atoms with Gasteiger partial charge in [-0.2, -0.15) is 0 Å². The number of hydrogen-bond donors (Lipinski definition) is 3. The molecule has 1 aliphatic rings. The Balaban J connectivity index is 2.09. The van der Waals surface area contributed by atoms with Crippen LogP contribution < -0.4 is 10.6 Å². The van der Waals surface area contributed by atoms with E-state index in [-0.39, 0.29) is 6.10 Å². The van der Waals surface area contributed by atoms with Gasteiger partial charge < -0.3 is 15.7 Å². The third-order valence-electron chi connectivity index (χ3n) is 3.58. The summed E-state index contributed by atoms with van der Waals surface area (Å²) in [5.41, 5.74) is 0.929. The Morgan fingerprint density at radius 3 is 2.68 bits per heavy atom. The molecule has 4 unspecified atom stereocenters. The lowest BCUT2D eigenvalue weighted by atomic mass is 10.0. The maximum absolute atomic E-state index is 9.40. The molecule has 1 aliphatic carbocycles. The van der Waals surface area contributed by atoms with Gasteiger partial charge in [0.2, 0.25) is 0 Å². The van der Waals surface area contributed by atoms with Crippen LogP contribution in [0.4, 0.5) is 0 Å². The van der Waals surface area contributed by atoms with Gasteiger partial charge in [-0.05, 0) is 52.5 Å². The fraction of sp³-hybridized carbons (Fsp3) is 0.800. The third kappa shape index (κ3) is 6.73. The molecule has 19 heavy (non-hydrogen) atoms. The van der Waals surface area contributed by atoms with Gasteiger partial charge in [0.05, 0.1) is 18.0 Å². The minimum absolute atomic E-state index is 0.200. The lowest BCUT2D eigenvalue weighted by Gasteiger charge is -2.14. The molecule has 0 amide bonds. The number of amidine groups is 1. The van der Waals surface area contributed by atoms with E-state index in [0.717, 1.165) is 37.3 Å². The molecule has 1 saturated carbocycles. The summed E-state index contributed by atoms with van der Waals surface area (Å²) in [5.74, 6) is 1.33. The van der Waals surface area contributed by atoms with E-state index in [2.05, 4.69) is 29.1 Å². The first-order valence-corrected chi connectivity index (χ1v) is 7.28. The summed E-state index contributed by atoms with van der Waals surface area (Å²) in [6.07, 6.45) is 3.11. The first-order valence-electron chi connectivity index (χ1n) is 7.28. The average molecular weight is 267 g/mol. The highest BCUT2D eigenvalue weighted by molar-refractivity contribution is 5.81. The van der Waals surface area contributed by atoms with Gasteiger partial charge in [-0.15, -0.1) is 0 Å². The van der Waals surface area contributed by atoms with E-state index in [1.54, 1.807) is 0 Å². The molecular formula is C15H29N3O. The van der Waals surface area contributed by atoms with E-state index in [9.17, 15) is 5.11 Å². The molecule has 0 aromatic carbocycles. The third-order valence-corrected chi connectivity index (χ3v) is 3.58. The van der Waals surface area contributed by atoms with Gasteiger partial charge in [0, 0.05) is 11.7 Å². The summed E-state index contributed by atoms with van der Waals surface area (Å²) >= 11 is 0. The largest absolute Gasteiger partial charge is 0.393 e. The first kappa shape index (κ1) is 16.2. The SMILES string of the molecule is C=C(C)NC(C)=NC1CC1NCCCC(C)C(C)O. The number of rotatable bonds is 8. The van der Waals surface area contributed by atoms with E-state index in [4.69, 9.17) is 0 Å². The molecule has 1 rings (SSSR count). The smallest absolute Gasteiger partial charge is 0.0976 e. The molecule has 4 atom stereocenters. The van der Waals surface area contributed by atoms with E-state index >= 15 is 0 Å². The number of aliphatic imine (C=N–C) groups is 1. The van der Waals surface area contributed by atoms with Gasteiger partial charge in [-0.1, -0.05) is 13.5 Å². The minimum Gasteiger partial charge on any atom is -0.393 e. The topological polar surface area (TPSA) is 56.7 Å². The molecule has 0 spiro atoms. The Kier molecular flexibility index (Phi) is 6.52.